The first-order valence-electron chi connectivity index (χ1n) is 8.10. The van der Waals surface area contributed by atoms with Crippen LogP contribution >= 0.6 is 7.14 Å². The molecule has 1 aromatic carbocycles. The van der Waals surface area contributed by atoms with Crippen LogP contribution in [0, 0.1) is 5.92 Å². The monoisotopic (exact) mass is 310 g/mol. The van der Waals surface area contributed by atoms with Crippen LogP contribution < -0.4 is 0 Å². The van der Waals surface area contributed by atoms with Gasteiger partial charge in [-0.05, 0) is 24.8 Å². The summed E-state index contributed by atoms with van der Waals surface area (Å²) in [5, 5.41) is 20.3. The lowest BCUT2D eigenvalue weighted by Gasteiger charge is -2.20. The van der Waals surface area contributed by atoms with Gasteiger partial charge in [-0.3, -0.25) is 0 Å². The fraction of sp³-hybridized carbons (Fsp3) is 0.647. The van der Waals surface area contributed by atoms with Gasteiger partial charge in [0.05, 0.1) is 0 Å². The first kappa shape index (κ1) is 16.6. The van der Waals surface area contributed by atoms with Crippen molar-refractivity contribution in [1.82, 2.24) is 0 Å². The molecule has 1 fully saturated rings. The Morgan fingerprint density at radius 3 is 2.76 bits per heavy atom. The summed E-state index contributed by atoms with van der Waals surface area (Å²) >= 11 is 0. The van der Waals surface area contributed by atoms with E-state index in [-0.39, 0.29) is 5.75 Å². The van der Waals surface area contributed by atoms with E-state index < -0.39 is 13.0 Å². The zero-order valence-electron chi connectivity index (χ0n) is 12.9. The van der Waals surface area contributed by atoms with Crippen LogP contribution in [-0.2, 0) is 4.57 Å². The van der Waals surface area contributed by atoms with Crippen LogP contribution in [0.3, 0.4) is 0 Å². The van der Waals surface area contributed by atoms with Crippen LogP contribution in [0.15, 0.2) is 24.3 Å². The van der Waals surface area contributed by atoms with Crippen molar-refractivity contribution < 1.29 is 14.8 Å². The molecule has 3 nitrogen and oxygen atoms in total. The Morgan fingerprint density at radius 2 is 2.05 bits per heavy atom. The van der Waals surface area contributed by atoms with Crippen molar-refractivity contribution in [1.29, 1.82) is 0 Å². The van der Waals surface area contributed by atoms with Crippen LogP contribution in [0.5, 0.6) is 5.75 Å². The number of benzene rings is 1. The number of aliphatic hydroxyl groups excluding tert-OH is 1. The zero-order valence-corrected chi connectivity index (χ0v) is 13.8. The predicted molar refractivity (Wildman–Crippen MR) is 87.3 cm³/mol. The average molecular weight is 310 g/mol. The smallest absolute Gasteiger partial charge is 0.135 e. The van der Waals surface area contributed by atoms with E-state index in [0.717, 1.165) is 12.8 Å². The molecule has 0 saturated carbocycles. The molecule has 1 saturated heterocycles. The Kier molecular flexibility index (Phi) is 5.89. The molecule has 1 aromatic rings. The number of rotatable bonds is 7. The number of hydrogen-bond acceptors (Lipinski definition) is 3. The number of phenols is 1. The van der Waals surface area contributed by atoms with Crippen LogP contribution in [0.25, 0.3) is 0 Å². The Hall–Kier alpha value is -0.790. The van der Waals surface area contributed by atoms with Crippen molar-refractivity contribution in [3.8, 4) is 5.75 Å². The summed E-state index contributed by atoms with van der Waals surface area (Å²) in [6.45, 7) is 2.20. The summed E-state index contributed by atoms with van der Waals surface area (Å²) < 4.78 is 13.0. The van der Waals surface area contributed by atoms with Gasteiger partial charge < -0.3 is 14.8 Å². The minimum absolute atomic E-state index is 0.0478. The summed E-state index contributed by atoms with van der Waals surface area (Å²) in [5.74, 6) is -0.473. The number of hydrogen-bond donors (Lipinski definition) is 2. The summed E-state index contributed by atoms with van der Waals surface area (Å²) in [6, 6.07) is 6.70. The molecule has 0 bridgehead atoms. The first-order chi connectivity index (χ1) is 10.1. The van der Waals surface area contributed by atoms with Gasteiger partial charge in [0.15, 0.2) is 0 Å². The van der Waals surface area contributed by atoms with Gasteiger partial charge in [0, 0.05) is 17.9 Å². The number of unbranched alkanes of at least 4 members (excludes halogenated alkanes) is 3. The molecule has 0 aromatic heterocycles. The van der Waals surface area contributed by atoms with Crippen LogP contribution in [0.2, 0.25) is 0 Å². The van der Waals surface area contributed by atoms with Crippen molar-refractivity contribution in [2.75, 3.05) is 12.3 Å². The van der Waals surface area contributed by atoms with Crippen molar-refractivity contribution in [2.45, 2.75) is 51.3 Å². The van der Waals surface area contributed by atoms with Crippen molar-refractivity contribution in [3.05, 3.63) is 29.8 Å². The molecule has 2 rings (SSSR count). The largest absolute Gasteiger partial charge is 0.508 e. The standard InChI is InChI=1S/C17H27O3P/c1-2-3-4-5-8-14-11-12-21(20,13-14)17(19)15-9-6-7-10-16(15)18/h6-7,9-10,14,17-19H,2-5,8,11-13H2,1H3. The SMILES string of the molecule is CCCCCCC1CCP(=O)(C(O)c2ccccc2O)C1. The Balaban J connectivity index is 1.94. The van der Waals surface area contributed by atoms with E-state index in [1.165, 1.54) is 25.7 Å². The molecule has 0 radical (unpaired) electrons. The second-order valence-corrected chi connectivity index (χ2v) is 9.50. The van der Waals surface area contributed by atoms with Crippen molar-refractivity contribution in [2.24, 2.45) is 5.92 Å². The van der Waals surface area contributed by atoms with E-state index in [1.54, 1.807) is 24.3 Å². The summed E-state index contributed by atoms with van der Waals surface area (Å²) in [4.78, 5) is 0. The van der Waals surface area contributed by atoms with E-state index in [4.69, 9.17) is 0 Å². The quantitative estimate of drug-likeness (QED) is 0.565. The lowest BCUT2D eigenvalue weighted by Crippen LogP contribution is -2.04. The molecule has 118 valence electrons. The number of aliphatic hydroxyl groups is 1. The fourth-order valence-corrected chi connectivity index (χ4v) is 6.69. The van der Waals surface area contributed by atoms with E-state index in [0.29, 0.717) is 23.8 Å². The van der Waals surface area contributed by atoms with Gasteiger partial charge in [0.25, 0.3) is 0 Å². The number of para-hydroxylation sites is 1. The summed E-state index contributed by atoms with van der Waals surface area (Å²) in [6.07, 6.45) is 8.27. The van der Waals surface area contributed by atoms with Gasteiger partial charge in [-0.15, -0.1) is 0 Å². The van der Waals surface area contributed by atoms with Gasteiger partial charge in [-0.1, -0.05) is 50.8 Å². The fourth-order valence-electron chi connectivity index (χ4n) is 3.30. The highest BCUT2D eigenvalue weighted by Gasteiger charge is 2.40. The van der Waals surface area contributed by atoms with E-state index >= 15 is 0 Å². The molecule has 0 aliphatic carbocycles. The lowest BCUT2D eigenvalue weighted by atomic mass is 10.0. The third-order valence-corrected chi connectivity index (χ3v) is 7.93. The molecule has 3 atom stereocenters. The minimum Gasteiger partial charge on any atom is -0.508 e. The van der Waals surface area contributed by atoms with E-state index in [1.807, 2.05) is 0 Å². The van der Waals surface area contributed by atoms with Crippen LogP contribution in [-0.4, -0.2) is 22.5 Å². The van der Waals surface area contributed by atoms with E-state index in [2.05, 4.69) is 6.92 Å². The Bertz CT molecular complexity index is 501. The maximum atomic E-state index is 13.0. The van der Waals surface area contributed by atoms with Gasteiger partial charge in [-0.25, -0.2) is 0 Å². The third kappa shape index (κ3) is 4.11. The van der Waals surface area contributed by atoms with Crippen LogP contribution in [0.1, 0.15) is 56.9 Å². The molecule has 2 N–H and O–H groups in total. The highest BCUT2D eigenvalue weighted by atomic mass is 31.2. The second kappa shape index (κ2) is 7.47. The Morgan fingerprint density at radius 1 is 1.29 bits per heavy atom. The molecule has 21 heavy (non-hydrogen) atoms. The van der Waals surface area contributed by atoms with Crippen LogP contribution in [0.4, 0.5) is 0 Å². The van der Waals surface area contributed by atoms with Gasteiger partial charge in [0.1, 0.15) is 18.7 Å². The topological polar surface area (TPSA) is 57.5 Å². The molecule has 3 unspecified atom stereocenters. The second-order valence-electron chi connectivity index (χ2n) is 6.30. The zero-order chi connectivity index (χ0) is 15.3. The highest BCUT2D eigenvalue weighted by molar-refractivity contribution is 7.64. The van der Waals surface area contributed by atoms with Gasteiger partial charge in [-0.2, -0.15) is 0 Å². The summed E-state index contributed by atoms with van der Waals surface area (Å²) in [7, 11) is -2.63. The maximum Gasteiger partial charge on any atom is 0.135 e. The highest BCUT2D eigenvalue weighted by Crippen LogP contribution is 2.64. The molecular weight excluding hydrogens is 283 g/mol. The molecule has 1 aliphatic heterocycles. The van der Waals surface area contributed by atoms with Gasteiger partial charge in [0.2, 0.25) is 0 Å². The maximum absolute atomic E-state index is 13.0. The molecule has 1 heterocycles. The molecule has 4 heteroatoms. The normalized spacial score (nSPS) is 26.9. The minimum atomic E-state index is -2.63. The molecule has 0 spiro atoms. The van der Waals surface area contributed by atoms with Gasteiger partial charge >= 0.3 is 0 Å². The average Bonchev–Trinajstić information content (AvgIpc) is 2.86. The Labute approximate surface area is 127 Å². The lowest BCUT2D eigenvalue weighted by molar-refractivity contribution is 0.248. The van der Waals surface area contributed by atoms with E-state index in [9.17, 15) is 14.8 Å². The first-order valence-corrected chi connectivity index (χ1v) is 10.2. The number of aromatic hydroxyl groups is 1. The molecular formula is C17H27O3P. The molecule has 1 aliphatic rings. The summed E-state index contributed by atoms with van der Waals surface area (Å²) in [5.41, 5.74) is 0.424. The number of phenolic OH excluding ortho intramolecular Hbond substituents is 1. The molecule has 0 amide bonds. The van der Waals surface area contributed by atoms with Crippen molar-refractivity contribution >= 4 is 7.14 Å². The van der Waals surface area contributed by atoms with Crippen molar-refractivity contribution in [3.63, 3.8) is 0 Å². The predicted octanol–water partition coefficient (Wildman–Crippen LogP) is 4.74. The third-order valence-electron chi connectivity index (χ3n) is 4.61.